The van der Waals surface area contributed by atoms with Crippen molar-refractivity contribution in [1.29, 1.82) is 0 Å². The van der Waals surface area contributed by atoms with Crippen molar-refractivity contribution in [2.45, 2.75) is 36.1 Å². The second kappa shape index (κ2) is 8.75. The number of carbonyl (C=O) groups excluding carboxylic acids is 1. The first-order valence-electron chi connectivity index (χ1n) is 9.91. The van der Waals surface area contributed by atoms with Crippen LogP contribution < -0.4 is 16.6 Å². The Labute approximate surface area is 195 Å². The number of nitrogens with zero attached hydrogens (tertiary/aromatic N) is 4. The van der Waals surface area contributed by atoms with Gasteiger partial charge in [-0.2, -0.15) is 0 Å². The molecule has 2 heterocycles. The molecule has 0 bridgehead atoms. The summed E-state index contributed by atoms with van der Waals surface area (Å²) >= 11 is 1.06. The van der Waals surface area contributed by atoms with Crippen LogP contribution in [0.15, 0.2) is 43.8 Å². The first-order chi connectivity index (χ1) is 15.2. The topological polar surface area (TPSA) is 133 Å². The van der Waals surface area contributed by atoms with Gasteiger partial charge >= 0.3 is 5.69 Å². The third-order valence-electron chi connectivity index (χ3n) is 4.84. The summed E-state index contributed by atoms with van der Waals surface area (Å²) in [6.07, 6.45) is 1.11. The highest BCUT2D eigenvalue weighted by atomic mass is 32.2. The normalized spacial score (nSPS) is 12.2. The molecular weight excluding hydrogens is 466 g/mol. The number of hydrogen-bond acceptors (Lipinski definition) is 8. The number of sulfone groups is 1. The highest BCUT2D eigenvalue weighted by molar-refractivity contribution is 8.00. The molecular formula is C21H25N5O5S2. The quantitative estimate of drug-likeness (QED) is 0.419. The molecule has 176 valence electrons. The molecule has 3 aromatic rings. The summed E-state index contributed by atoms with van der Waals surface area (Å²) in [6, 6.07) is 5.83. The molecule has 0 radical (unpaired) electrons. The highest BCUT2D eigenvalue weighted by Gasteiger charge is 2.24. The number of carbonyl (C=O) groups is 1. The predicted molar refractivity (Wildman–Crippen MR) is 128 cm³/mol. The molecule has 3 rings (SSSR count). The molecule has 0 fully saturated rings. The van der Waals surface area contributed by atoms with E-state index in [1.807, 2.05) is 20.8 Å². The SMILES string of the molecule is Cn1c(=O)c2c(SCC(=O)Nc3ccc(S(C)(=O)=O)cc3)nc(C(C)(C)C)nc2n(C)c1=O. The molecule has 2 aromatic heterocycles. The molecule has 10 nitrogen and oxygen atoms in total. The van der Waals surface area contributed by atoms with Gasteiger partial charge in [0.1, 0.15) is 16.2 Å². The zero-order valence-electron chi connectivity index (χ0n) is 19.2. The van der Waals surface area contributed by atoms with Crippen molar-refractivity contribution in [2.75, 3.05) is 17.3 Å². The van der Waals surface area contributed by atoms with Crippen molar-refractivity contribution in [3.8, 4) is 0 Å². The van der Waals surface area contributed by atoms with Crippen LogP contribution in [0.4, 0.5) is 5.69 Å². The molecule has 0 aliphatic heterocycles. The molecule has 0 spiro atoms. The zero-order valence-corrected chi connectivity index (χ0v) is 20.8. The average molecular weight is 492 g/mol. The van der Waals surface area contributed by atoms with Crippen molar-refractivity contribution in [3.05, 3.63) is 50.9 Å². The highest BCUT2D eigenvalue weighted by Crippen LogP contribution is 2.27. The minimum absolute atomic E-state index is 0.0600. The molecule has 0 aliphatic rings. The van der Waals surface area contributed by atoms with E-state index < -0.39 is 26.5 Å². The van der Waals surface area contributed by atoms with Crippen LogP contribution >= 0.6 is 11.8 Å². The Kier molecular flexibility index (Phi) is 6.53. The van der Waals surface area contributed by atoms with E-state index in [-0.39, 0.29) is 27.6 Å². The van der Waals surface area contributed by atoms with Gasteiger partial charge < -0.3 is 5.32 Å². The van der Waals surface area contributed by atoms with Crippen molar-refractivity contribution < 1.29 is 13.2 Å². The van der Waals surface area contributed by atoms with E-state index in [9.17, 15) is 22.8 Å². The second-order valence-corrected chi connectivity index (χ2v) is 11.6. The van der Waals surface area contributed by atoms with Gasteiger partial charge in [-0.3, -0.25) is 18.7 Å². The van der Waals surface area contributed by atoms with E-state index in [4.69, 9.17) is 0 Å². The van der Waals surface area contributed by atoms with Gasteiger partial charge in [0.25, 0.3) is 5.56 Å². The van der Waals surface area contributed by atoms with E-state index >= 15 is 0 Å². The van der Waals surface area contributed by atoms with Gasteiger partial charge in [0.2, 0.25) is 5.91 Å². The standard InChI is InChI=1S/C21H25N5O5S2/c1-21(2,3)19-23-16-15(18(28)26(5)20(29)25(16)4)17(24-19)32-11-14(27)22-12-7-9-13(10-8-12)33(6,30)31/h7-10H,11H2,1-6H3,(H,22,27). The van der Waals surface area contributed by atoms with Crippen molar-refractivity contribution in [3.63, 3.8) is 0 Å². The third kappa shape index (κ3) is 5.17. The summed E-state index contributed by atoms with van der Waals surface area (Å²) < 4.78 is 25.4. The Hall–Kier alpha value is -2.99. The fourth-order valence-corrected chi connectivity index (χ4v) is 4.43. The van der Waals surface area contributed by atoms with Crippen LogP contribution in [-0.4, -0.2) is 45.4 Å². The largest absolute Gasteiger partial charge is 0.332 e. The van der Waals surface area contributed by atoms with Gasteiger partial charge in [-0.05, 0) is 24.3 Å². The molecule has 1 aromatic carbocycles. The number of fused-ring (bicyclic) bond motifs is 1. The maximum atomic E-state index is 12.8. The number of thioether (sulfide) groups is 1. The summed E-state index contributed by atoms with van der Waals surface area (Å²) in [7, 11) is -0.422. The third-order valence-corrected chi connectivity index (χ3v) is 6.95. The number of amides is 1. The molecule has 12 heteroatoms. The second-order valence-electron chi connectivity index (χ2n) is 8.64. The van der Waals surface area contributed by atoms with Crippen molar-refractivity contribution in [2.24, 2.45) is 14.1 Å². The van der Waals surface area contributed by atoms with E-state index in [0.717, 1.165) is 22.6 Å². The Bertz CT molecular complexity index is 1470. The summed E-state index contributed by atoms with van der Waals surface area (Å²) in [5.74, 6) is 0.0190. The molecule has 33 heavy (non-hydrogen) atoms. The van der Waals surface area contributed by atoms with Gasteiger partial charge in [-0.15, -0.1) is 0 Å². The fraction of sp³-hybridized carbons (Fsp3) is 0.381. The number of aromatic nitrogens is 4. The van der Waals surface area contributed by atoms with Crippen molar-refractivity contribution in [1.82, 2.24) is 19.1 Å². The lowest BCUT2D eigenvalue weighted by atomic mass is 9.96. The molecule has 0 atom stereocenters. The van der Waals surface area contributed by atoms with E-state index in [1.54, 1.807) is 0 Å². The summed E-state index contributed by atoms with van der Waals surface area (Å²) in [5, 5.41) is 3.17. The number of nitrogens with one attached hydrogen (secondary N) is 1. The minimum atomic E-state index is -3.33. The Morgan fingerprint density at radius 1 is 1.06 bits per heavy atom. The first-order valence-corrected chi connectivity index (χ1v) is 12.8. The van der Waals surface area contributed by atoms with Crippen LogP contribution in [0, 0.1) is 0 Å². The summed E-state index contributed by atoms with van der Waals surface area (Å²) in [5.41, 5.74) is -0.841. The van der Waals surface area contributed by atoms with Crippen LogP contribution in [0.5, 0.6) is 0 Å². The molecule has 1 amide bonds. The Balaban J connectivity index is 1.94. The molecule has 0 aliphatic carbocycles. The van der Waals surface area contributed by atoms with Crippen LogP contribution in [-0.2, 0) is 34.1 Å². The number of benzene rings is 1. The lowest BCUT2D eigenvalue weighted by molar-refractivity contribution is -0.113. The van der Waals surface area contributed by atoms with Crippen LogP contribution in [0.25, 0.3) is 11.0 Å². The van der Waals surface area contributed by atoms with Crippen LogP contribution in [0.2, 0.25) is 0 Å². The maximum absolute atomic E-state index is 12.8. The molecule has 1 N–H and O–H groups in total. The monoisotopic (exact) mass is 491 g/mol. The zero-order chi connectivity index (χ0) is 24.7. The summed E-state index contributed by atoms with van der Waals surface area (Å²) in [4.78, 5) is 46.9. The Morgan fingerprint density at radius 2 is 1.67 bits per heavy atom. The van der Waals surface area contributed by atoms with Gasteiger partial charge in [0.15, 0.2) is 15.5 Å². The molecule has 0 unspecified atom stereocenters. The van der Waals surface area contributed by atoms with E-state index in [2.05, 4.69) is 15.3 Å². The first kappa shape index (κ1) is 24.6. The lowest BCUT2D eigenvalue weighted by Crippen LogP contribution is -2.38. The van der Waals surface area contributed by atoms with Gasteiger partial charge in [0.05, 0.1) is 10.6 Å². The Morgan fingerprint density at radius 3 is 2.21 bits per heavy atom. The number of anilines is 1. The van der Waals surface area contributed by atoms with Gasteiger partial charge in [0, 0.05) is 31.5 Å². The molecule has 0 saturated heterocycles. The maximum Gasteiger partial charge on any atom is 0.332 e. The van der Waals surface area contributed by atoms with E-state index in [1.165, 1.54) is 42.9 Å². The average Bonchev–Trinajstić information content (AvgIpc) is 2.73. The number of rotatable bonds is 5. The van der Waals surface area contributed by atoms with Gasteiger partial charge in [-0.25, -0.2) is 23.2 Å². The van der Waals surface area contributed by atoms with Gasteiger partial charge in [-0.1, -0.05) is 32.5 Å². The van der Waals surface area contributed by atoms with Crippen LogP contribution in [0.1, 0.15) is 26.6 Å². The number of hydrogen-bond donors (Lipinski definition) is 1. The van der Waals surface area contributed by atoms with Crippen LogP contribution in [0.3, 0.4) is 0 Å². The number of aryl methyl sites for hydroxylation is 1. The fourth-order valence-electron chi connectivity index (χ4n) is 2.99. The van der Waals surface area contributed by atoms with Crippen molar-refractivity contribution >= 4 is 44.2 Å². The van der Waals surface area contributed by atoms with E-state index in [0.29, 0.717) is 16.5 Å². The summed E-state index contributed by atoms with van der Waals surface area (Å²) in [6.45, 7) is 5.73. The predicted octanol–water partition coefficient (Wildman–Crippen LogP) is 1.46. The molecule has 0 saturated carbocycles. The smallest absolute Gasteiger partial charge is 0.325 e. The minimum Gasteiger partial charge on any atom is -0.325 e. The lowest BCUT2D eigenvalue weighted by Gasteiger charge is -2.19.